The molecule has 0 aliphatic carbocycles. The largest absolute Gasteiger partial charge is 0.478 e. The molecule has 9 heteroatoms. The minimum absolute atomic E-state index is 0.00148. The number of benzene rings is 2. The molecule has 1 unspecified atom stereocenters. The Labute approximate surface area is 211 Å². The molecule has 0 fully saturated rings. The summed E-state index contributed by atoms with van der Waals surface area (Å²) in [7, 11) is -1.69. The first kappa shape index (κ1) is 26.9. The Bertz CT molecular complexity index is 1290. The molecule has 0 radical (unpaired) electrons. The van der Waals surface area contributed by atoms with E-state index in [1.54, 1.807) is 24.3 Å². The van der Waals surface area contributed by atoms with Crippen LogP contribution in [0.5, 0.6) is 5.75 Å². The van der Waals surface area contributed by atoms with Crippen LogP contribution in [0.3, 0.4) is 0 Å². The van der Waals surface area contributed by atoms with Crippen LogP contribution in [0.4, 0.5) is 4.39 Å². The fourth-order valence-electron chi connectivity index (χ4n) is 3.76. The van der Waals surface area contributed by atoms with Crippen LogP contribution < -0.4 is 4.74 Å². The number of carbonyl (C=O) groups is 1. The predicted octanol–water partition coefficient (Wildman–Crippen LogP) is 5.35. The van der Waals surface area contributed by atoms with Gasteiger partial charge >= 0.3 is 5.97 Å². The summed E-state index contributed by atoms with van der Waals surface area (Å²) in [4.78, 5) is 14.8. The van der Waals surface area contributed by atoms with Gasteiger partial charge in [0.2, 0.25) is 0 Å². The molecule has 1 aromatic heterocycles. The van der Waals surface area contributed by atoms with E-state index in [1.807, 2.05) is 26.0 Å². The lowest BCUT2D eigenvalue weighted by molar-refractivity contribution is 0.0692. The number of hydrogen-bond donors (Lipinski definition) is 1. The number of carboxylic acid groups (broad SMARTS) is 1. The minimum atomic E-state index is -1.69. The molecule has 0 saturated carbocycles. The number of rotatable bonds is 12. The molecule has 188 valence electrons. The Balaban J connectivity index is 1.99. The van der Waals surface area contributed by atoms with Gasteiger partial charge in [-0.1, -0.05) is 38.1 Å². The molecule has 3 rings (SSSR count). The maximum Gasteiger partial charge on any atom is 0.339 e. The van der Waals surface area contributed by atoms with Gasteiger partial charge in [0, 0.05) is 22.6 Å². The highest BCUT2D eigenvalue weighted by Crippen LogP contribution is 2.37. The van der Waals surface area contributed by atoms with Crippen molar-refractivity contribution in [1.29, 1.82) is 5.26 Å². The summed E-state index contributed by atoms with van der Waals surface area (Å²) in [5.74, 6) is -1.88. The van der Waals surface area contributed by atoms with Crippen LogP contribution in [0, 0.1) is 17.1 Å². The zero-order valence-electron chi connectivity index (χ0n) is 20.1. The van der Waals surface area contributed by atoms with E-state index in [-0.39, 0.29) is 29.2 Å². The molecule has 3 aromatic rings. The first-order chi connectivity index (χ1) is 17.4. The summed E-state index contributed by atoms with van der Waals surface area (Å²) in [5, 5.41) is 19.0. The molecule has 0 aliphatic rings. The Morgan fingerprint density at radius 2 is 2.03 bits per heavy atom. The van der Waals surface area contributed by atoms with E-state index in [1.165, 1.54) is 30.7 Å². The van der Waals surface area contributed by atoms with Gasteiger partial charge in [0.1, 0.15) is 23.2 Å². The van der Waals surface area contributed by atoms with Gasteiger partial charge in [-0.2, -0.15) is 5.26 Å². The number of nitrogens with zero attached hydrogens (tertiary/aromatic N) is 2. The summed E-state index contributed by atoms with van der Waals surface area (Å²) in [6.07, 6.45) is 6.50. The van der Waals surface area contributed by atoms with Gasteiger partial charge in [0.15, 0.2) is 6.61 Å². The Hall–Kier alpha value is -3.74. The number of ether oxygens (including phenoxy) is 1. The van der Waals surface area contributed by atoms with Crippen LogP contribution >= 0.6 is 0 Å². The van der Waals surface area contributed by atoms with Crippen molar-refractivity contribution in [3.05, 3.63) is 77.5 Å². The van der Waals surface area contributed by atoms with Gasteiger partial charge in [-0.15, -0.1) is 0 Å². The summed E-state index contributed by atoms with van der Waals surface area (Å²) in [6.45, 7) is 6.13. The zero-order chi connectivity index (χ0) is 26.1. The van der Waals surface area contributed by atoms with Crippen molar-refractivity contribution in [2.24, 2.45) is 0 Å². The van der Waals surface area contributed by atoms with Crippen LogP contribution in [0.2, 0.25) is 0 Å². The molecular formula is C27H27FN2O5S. The van der Waals surface area contributed by atoms with Crippen LogP contribution in [-0.2, 0) is 16.6 Å². The fraction of sp³-hybridized carbons (Fsp3) is 0.259. The fourth-order valence-corrected chi connectivity index (χ4v) is 5.05. The van der Waals surface area contributed by atoms with Gasteiger partial charge < -0.3 is 19.2 Å². The molecule has 1 atom stereocenters. The van der Waals surface area contributed by atoms with Gasteiger partial charge in [-0.25, -0.2) is 9.18 Å². The van der Waals surface area contributed by atoms with Crippen molar-refractivity contribution in [2.45, 2.75) is 24.5 Å². The Morgan fingerprint density at radius 3 is 2.67 bits per heavy atom. The van der Waals surface area contributed by atoms with E-state index in [2.05, 4.69) is 4.90 Å². The lowest BCUT2D eigenvalue weighted by atomic mass is 9.99. The predicted molar refractivity (Wildman–Crippen MR) is 136 cm³/mol. The van der Waals surface area contributed by atoms with E-state index in [0.29, 0.717) is 28.1 Å². The maximum absolute atomic E-state index is 14.0. The minimum Gasteiger partial charge on any atom is -0.478 e. The summed E-state index contributed by atoms with van der Waals surface area (Å²) in [5.41, 5.74) is 1.57. The smallest absolute Gasteiger partial charge is 0.339 e. The normalized spacial score (nSPS) is 12.1. The number of nitriles is 1. The summed E-state index contributed by atoms with van der Waals surface area (Å²) in [6, 6.07) is 10.7. The molecule has 0 amide bonds. The van der Waals surface area contributed by atoms with Gasteiger partial charge in [-0.3, -0.25) is 4.21 Å². The van der Waals surface area contributed by atoms with E-state index in [4.69, 9.17) is 14.4 Å². The first-order valence-corrected chi connectivity index (χ1v) is 12.7. The second-order valence-corrected chi connectivity index (χ2v) is 9.22. The number of halogens is 1. The highest BCUT2D eigenvalue weighted by atomic mass is 32.2. The van der Waals surface area contributed by atoms with Crippen LogP contribution in [0.15, 0.2) is 64.3 Å². The van der Waals surface area contributed by atoms with Crippen molar-refractivity contribution >= 4 is 22.8 Å². The Kier molecular flexibility index (Phi) is 9.56. The number of hydrogen-bond acceptors (Lipinski definition) is 6. The molecule has 0 saturated heterocycles. The van der Waals surface area contributed by atoms with Crippen molar-refractivity contribution in [2.75, 3.05) is 26.2 Å². The number of likely N-dealkylation sites (N-methyl/N-ethyl adjacent to an activating group) is 1. The second kappa shape index (κ2) is 12.8. The lowest BCUT2D eigenvalue weighted by Gasteiger charge is -2.16. The highest BCUT2D eigenvalue weighted by molar-refractivity contribution is 7.84. The monoisotopic (exact) mass is 510 g/mol. The molecular weight excluding hydrogens is 483 g/mol. The SMILES string of the molecule is CCN(CC)C/C=C\c1cc(F)ccc1S(=O)Cc1ccc(-c2ccoc2)c(OCC#N)c1C(=O)O. The highest BCUT2D eigenvalue weighted by Gasteiger charge is 2.24. The second-order valence-electron chi connectivity index (χ2n) is 7.80. The van der Waals surface area contributed by atoms with Gasteiger partial charge in [-0.05, 0) is 48.5 Å². The standard InChI is InChI=1S/C27H27FN2O5S/c1-3-30(4-2)13-5-6-19-16-22(28)8-10-24(19)36(33)18-21-7-9-23(20-11-14-34-17-20)26(35-15-12-29)25(21)27(31)32/h5-11,14,16-17H,3-4,13,15,18H2,1-2H3,(H,31,32)/b6-5-. The molecule has 1 N–H and O–H groups in total. The van der Waals surface area contributed by atoms with Crippen molar-refractivity contribution in [3.63, 3.8) is 0 Å². The van der Waals surface area contributed by atoms with E-state index in [0.717, 1.165) is 13.1 Å². The van der Waals surface area contributed by atoms with Crippen molar-refractivity contribution in [3.8, 4) is 22.9 Å². The molecule has 0 bridgehead atoms. The third-order valence-electron chi connectivity index (χ3n) is 5.63. The molecule has 1 heterocycles. The average Bonchev–Trinajstić information content (AvgIpc) is 3.40. The third-order valence-corrected chi connectivity index (χ3v) is 7.07. The summed E-state index contributed by atoms with van der Waals surface area (Å²) >= 11 is 0. The average molecular weight is 511 g/mol. The van der Waals surface area contributed by atoms with E-state index < -0.39 is 22.6 Å². The van der Waals surface area contributed by atoms with Crippen LogP contribution in [0.1, 0.15) is 35.3 Å². The first-order valence-electron chi connectivity index (χ1n) is 11.4. The van der Waals surface area contributed by atoms with Gasteiger partial charge in [0.25, 0.3) is 0 Å². The summed E-state index contributed by atoms with van der Waals surface area (Å²) < 4.78 is 38.0. The number of furan rings is 1. The Morgan fingerprint density at radius 1 is 1.25 bits per heavy atom. The number of aromatic carboxylic acids is 1. The quantitative estimate of drug-likeness (QED) is 0.350. The number of carboxylic acids is 1. The van der Waals surface area contributed by atoms with Crippen molar-refractivity contribution < 1.29 is 27.7 Å². The molecule has 36 heavy (non-hydrogen) atoms. The topological polar surface area (TPSA) is 104 Å². The molecule has 0 spiro atoms. The maximum atomic E-state index is 14.0. The third kappa shape index (κ3) is 6.47. The van der Waals surface area contributed by atoms with Gasteiger partial charge in [0.05, 0.1) is 29.1 Å². The van der Waals surface area contributed by atoms with Crippen LogP contribution in [-0.4, -0.2) is 46.4 Å². The van der Waals surface area contributed by atoms with E-state index >= 15 is 0 Å². The van der Waals surface area contributed by atoms with Crippen LogP contribution in [0.25, 0.3) is 17.2 Å². The molecule has 2 aromatic carbocycles. The molecule has 0 aliphatic heterocycles. The van der Waals surface area contributed by atoms with E-state index in [9.17, 15) is 18.5 Å². The molecule has 7 nitrogen and oxygen atoms in total. The zero-order valence-corrected chi connectivity index (χ0v) is 20.9. The van der Waals surface area contributed by atoms with Crippen molar-refractivity contribution in [1.82, 2.24) is 4.90 Å². The lowest BCUT2D eigenvalue weighted by Crippen LogP contribution is -2.22.